The normalized spacial score (nSPS) is 17.0. The molecule has 0 spiro atoms. The molecule has 1 heterocycles. The molecular weight excluding hydrogens is 320 g/mol. The van der Waals surface area contributed by atoms with Crippen molar-refractivity contribution in [3.05, 3.63) is 71.3 Å². The first-order valence-corrected chi connectivity index (χ1v) is 9.81. The van der Waals surface area contributed by atoms with E-state index >= 15 is 0 Å². The Labute approximate surface area is 157 Å². The zero-order chi connectivity index (χ0) is 18.4. The molecule has 0 bridgehead atoms. The van der Waals surface area contributed by atoms with Gasteiger partial charge in [-0.05, 0) is 56.0 Å². The first-order chi connectivity index (χ1) is 12.7. The van der Waals surface area contributed by atoms with E-state index in [0.717, 1.165) is 44.5 Å². The number of aryl methyl sites for hydroxylation is 1. The van der Waals surface area contributed by atoms with Gasteiger partial charge in [0.05, 0.1) is 6.04 Å². The maximum absolute atomic E-state index is 12.6. The number of amides is 1. The molecular formula is C23H30N2O. The van der Waals surface area contributed by atoms with Crippen LogP contribution in [0.4, 0.5) is 0 Å². The molecule has 138 valence electrons. The average Bonchev–Trinajstić information content (AvgIpc) is 2.69. The van der Waals surface area contributed by atoms with Crippen LogP contribution in [0.5, 0.6) is 0 Å². The van der Waals surface area contributed by atoms with Crippen LogP contribution in [0.1, 0.15) is 49.4 Å². The summed E-state index contributed by atoms with van der Waals surface area (Å²) in [5, 5.41) is 3.19. The number of benzene rings is 2. The highest BCUT2D eigenvalue weighted by atomic mass is 16.1. The van der Waals surface area contributed by atoms with Gasteiger partial charge in [0.1, 0.15) is 0 Å². The Bertz CT molecular complexity index is 688. The monoisotopic (exact) mass is 350 g/mol. The molecule has 0 aromatic heterocycles. The van der Waals surface area contributed by atoms with Crippen LogP contribution in [0.3, 0.4) is 0 Å². The minimum absolute atomic E-state index is 0.0683. The number of hydrogen-bond donors (Lipinski definition) is 1. The lowest BCUT2D eigenvalue weighted by Gasteiger charge is -2.32. The van der Waals surface area contributed by atoms with Crippen LogP contribution in [0, 0.1) is 5.92 Å². The molecule has 3 heteroatoms. The van der Waals surface area contributed by atoms with Crippen LogP contribution in [-0.2, 0) is 17.8 Å². The van der Waals surface area contributed by atoms with Gasteiger partial charge in [0, 0.05) is 12.5 Å². The Morgan fingerprint density at radius 3 is 2.27 bits per heavy atom. The lowest BCUT2D eigenvalue weighted by molar-refractivity contribution is -0.127. The third-order valence-electron chi connectivity index (χ3n) is 5.45. The summed E-state index contributed by atoms with van der Waals surface area (Å²) in [7, 11) is 0. The van der Waals surface area contributed by atoms with E-state index in [0.29, 0.717) is 0 Å². The summed E-state index contributed by atoms with van der Waals surface area (Å²) >= 11 is 0. The van der Waals surface area contributed by atoms with Crippen molar-refractivity contribution in [3.63, 3.8) is 0 Å². The van der Waals surface area contributed by atoms with Crippen molar-refractivity contribution in [2.24, 2.45) is 5.92 Å². The van der Waals surface area contributed by atoms with Gasteiger partial charge in [-0.1, -0.05) is 61.5 Å². The van der Waals surface area contributed by atoms with Crippen molar-refractivity contribution in [2.45, 2.75) is 45.7 Å². The fourth-order valence-corrected chi connectivity index (χ4v) is 3.65. The molecule has 1 atom stereocenters. The quantitative estimate of drug-likeness (QED) is 0.840. The largest absolute Gasteiger partial charge is 0.349 e. The Hall–Kier alpha value is -2.13. The third-order valence-corrected chi connectivity index (χ3v) is 5.45. The number of nitrogens with one attached hydrogen (secondary N) is 1. The van der Waals surface area contributed by atoms with Gasteiger partial charge in [0.15, 0.2) is 0 Å². The summed E-state index contributed by atoms with van der Waals surface area (Å²) in [5.41, 5.74) is 3.91. The van der Waals surface area contributed by atoms with E-state index < -0.39 is 0 Å². The van der Waals surface area contributed by atoms with Gasteiger partial charge in [-0.2, -0.15) is 0 Å². The molecule has 26 heavy (non-hydrogen) atoms. The minimum Gasteiger partial charge on any atom is -0.349 e. The Morgan fingerprint density at radius 1 is 1.04 bits per heavy atom. The smallest absolute Gasteiger partial charge is 0.223 e. The van der Waals surface area contributed by atoms with E-state index in [-0.39, 0.29) is 17.9 Å². The van der Waals surface area contributed by atoms with Gasteiger partial charge < -0.3 is 5.32 Å². The zero-order valence-electron chi connectivity index (χ0n) is 15.9. The van der Waals surface area contributed by atoms with E-state index in [1.807, 2.05) is 18.2 Å². The summed E-state index contributed by atoms with van der Waals surface area (Å²) in [4.78, 5) is 15.1. The fraction of sp³-hybridized carbons (Fsp3) is 0.435. The Morgan fingerprint density at radius 2 is 1.65 bits per heavy atom. The lowest BCUT2D eigenvalue weighted by atomic mass is 9.94. The first-order valence-electron chi connectivity index (χ1n) is 9.81. The topological polar surface area (TPSA) is 32.3 Å². The van der Waals surface area contributed by atoms with Gasteiger partial charge in [0.2, 0.25) is 5.91 Å². The summed E-state index contributed by atoms with van der Waals surface area (Å²) in [5.74, 6) is 0.341. The molecule has 0 unspecified atom stereocenters. The van der Waals surface area contributed by atoms with Gasteiger partial charge in [-0.25, -0.2) is 0 Å². The highest BCUT2D eigenvalue weighted by Gasteiger charge is 2.25. The molecule has 1 aliphatic rings. The van der Waals surface area contributed by atoms with Gasteiger partial charge in [0.25, 0.3) is 0 Å². The second kappa shape index (κ2) is 9.00. The van der Waals surface area contributed by atoms with Crippen molar-refractivity contribution in [2.75, 3.05) is 13.1 Å². The molecule has 1 aliphatic heterocycles. The number of likely N-dealkylation sites (tertiary alicyclic amines) is 1. The molecule has 0 radical (unpaired) electrons. The van der Waals surface area contributed by atoms with Crippen molar-refractivity contribution < 1.29 is 4.79 Å². The second-order valence-corrected chi connectivity index (χ2v) is 7.36. The van der Waals surface area contributed by atoms with Crippen LogP contribution in [0.2, 0.25) is 0 Å². The standard InChI is InChI=1S/C23H30N2O/c1-3-19-9-11-20(12-10-19)17-25-15-13-22(14-16-25)23(26)24-18(2)21-7-5-4-6-8-21/h4-12,18,22H,3,13-17H2,1-2H3,(H,24,26)/t18-/m1/s1. The van der Waals surface area contributed by atoms with E-state index in [1.165, 1.54) is 11.1 Å². The molecule has 2 aromatic rings. The van der Waals surface area contributed by atoms with Gasteiger partial charge in [-0.3, -0.25) is 9.69 Å². The van der Waals surface area contributed by atoms with Crippen molar-refractivity contribution in [1.82, 2.24) is 10.2 Å². The maximum atomic E-state index is 12.6. The number of piperidine rings is 1. The average molecular weight is 351 g/mol. The molecule has 1 fully saturated rings. The fourth-order valence-electron chi connectivity index (χ4n) is 3.65. The summed E-state index contributed by atoms with van der Waals surface area (Å²) in [6.07, 6.45) is 2.98. The third kappa shape index (κ3) is 4.95. The number of carbonyl (C=O) groups excluding carboxylic acids is 1. The van der Waals surface area contributed by atoms with Crippen molar-refractivity contribution in [3.8, 4) is 0 Å². The van der Waals surface area contributed by atoms with Crippen LogP contribution >= 0.6 is 0 Å². The van der Waals surface area contributed by atoms with Crippen LogP contribution in [0.15, 0.2) is 54.6 Å². The molecule has 2 aromatic carbocycles. The van der Waals surface area contributed by atoms with E-state index in [1.54, 1.807) is 0 Å². The molecule has 0 saturated carbocycles. The summed E-state index contributed by atoms with van der Waals surface area (Å²) in [6, 6.07) is 19.2. The van der Waals surface area contributed by atoms with E-state index in [2.05, 4.69) is 60.5 Å². The number of nitrogens with zero attached hydrogens (tertiary/aromatic N) is 1. The van der Waals surface area contributed by atoms with Crippen LogP contribution in [0.25, 0.3) is 0 Å². The van der Waals surface area contributed by atoms with Crippen molar-refractivity contribution in [1.29, 1.82) is 0 Å². The predicted molar refractivity (Wildman–Crippen MR) is 107 cm³/mol. The Kier molecular flexibility index (Phi) is 6.45. The number of hydrogen-bond acceptors (Lipinski definition) is 2. The zero-order valence-corrected chi connectivity index (χ0v) is 15.9. The SMILES string of the molecule is CCc1ccc(CN2CCC(C(=O)N[C@H](C)c3ccccc3)CC2)cc1. The summed E-state index contributed by atoms with van der Waals surface area (Å²) < 4.78 is 0. The second-order valence-electron chi connectivity index (χ2n) is 7.36. The molecule has 0 aliphatic carbocycles. The molecule has 3 nitrogen and oxygen atoms in total. The highest BCUT2D eigenvalue weighted by molar-refractivity contribution is 5.79. The predicted octanol–water partition coefficient (Wildman–Crippen LogP) is 4.34. The first kappa shape index (κ1) is 18.7. The van der Waals surface area contributed by atoms with Gasteiger partial charge in [-0.15, -0.1) is 0 Å². The van der Waals surface area contributed by atoms with Crippen LogP contribution < -0.4 is 5.32 Å². The van der Waals surface area contributed by atoms with Crippen molar-refractivity contribution >= 4 is 5.91 Å². The maximum Gasteiger partial charge on any atom is 0.223 e. The number of rotatable bonds is 6. The molecule has 1 N–H and O–H groups in total. The minimum atomic E-state index is 0.0683. The highest BCUT2D eigenvalue weighted by Crippen LogP contribution is 2.21. The Balaban J connectivity index is 1.46. The van der Waals surface area contributed by atoms with E-state index in [4.69, 9.17) is 0 Å². The van der Waals surface area contributed by atoms with Crippen LogP contribution in [-0.4, -0.2) is 23.9 Å². The molecule has 1 saturated heterocycles. The number of carbonyl (C=O) groups is 1. The molecule has 1 amide bonds. The lowest BCUT2D eigenvalue weighted by Crippen LogP contribution is -2.40. The summed E-state index contributed by atoms with van der Waals surface area (Å²) in [6.45, 7) is 7.21. The van der Waals surface area contributed by atoms with Gasteiger partial charge >= 0.3 is 0 Å². The van der Waals surface area contributed by atoms with E-state index in [9.17, 15) is 4.79 Å². The molecule has 3 rings (SSSR count).